The van der Waals surface area contributed by atoms with Crippen LogP contribution in [0.2, 0.25) is 0 Å². The van der Waals surface area contributed by atoms with E-state index in [1.807, 2.05) is 0 Å². The molecule has 0 rings (SSSR count). The Bertz CT molecular complexity index is 99.7. The second-order valence-corrected chi connectivity index (χ2v) is 7.32. The van der Waals surface area contributed by atoms with Gasteiger partial charge in [-0.25, -0.2) is 0 Å². The van der Waals surface area contributed by atoms with Gasteiger partial charge in [-0.3, -0.25) is 0 Å². The summed E-state index contributed by atoms with van der Waals surface area (Å²) in [5, 5.41) is 0. The quantitative estimate of drug-likeness (QED) is 0.577. The van der Waals surface area contributed by atoms with Crippen LogP contribution in [0.15, 0.2) is 21.5 Å². The molecule has 0 bridgehead atoms. The van der Waals surface area contributed by atoms with Gasteiger partial charge in [-0.15, -0.1) is 0 Å². The molecule has 0 aromatic heterocycles. The predicted octanol–water partition coefficient (Wildman–Crippen LogP) is 2.92. The van der Waals surface area contributed by atoms with Crippen molar-refractivity contribution in [2.24, 2.45) is 0 Å². The molecule has 48 valence electrons. The Labute approximate surface area is 65.6 Å². The van der Waals surface area contributed by atoms with Crippen LogP contribution in [0.3, 0.4) is 0 Å². The first-order chi connectivity index (χ1) is 4.20. The maximum absolute atomic E-state index is 3.98. The fraction of sp³-hybridized carbons (Fsp3) is 0.500. The van der Waals surface area contributed by atoms with Gasteiger partial charge in [0.15, 0.2) is 0 Å². The average molecular weight is 176 g/mol. The van der Waals surface area contributed by atoms with Crippen molar-refractivity contribution in [2.75, 3.05) is 0 Å². The van der Waals surface area contributed by atoms with Gasteiger partial charge in [-0.1, -0.05) is 0 Å². The van der Waals surface area contributed by atoms with Crippen molar-refractivity contribution >= 4 is 0 Å². The van der Waals surface area contributed by atoms with Gasteiger partial charge >= 0.3 is 65.3 Å². The minimum absolute atomic E-state index is 0.531. The zero-order valence-electron chi connectivity index (χ0n) is 6.54. The molecule has 0 heterocycles. The van der Waals surface area contributed by atoms with Gasteiger partial charge in [0, 0.05) is 0 Å². The van der Waals surface area contributed by atoms with Gasteiger partial charge in [-0.2, -0.15) is 0 Å². The van der Waals surface area contributed by atoms with Crippen molar-refractivity contribution in [1.29, 1.82) is 0 Å². The van der Waals surface area contributed by atoms with Crippen molar-refractivity contribution in [1.82, 2.24) is 0 Å². The van der Waals surface area contributed by atoms with E-state index >= 15 is 0 Å². The van der Waals surface area contributed by atoms with Crippen molar-refractivity contribution < 1.29 is 17.1 Å². The number of hydrogen-bond donors (Lipinski definition) is 0. The van der Waals surface area contributed by atoms with Gasteiger partial charge in [0.2, 0.25) is 0 Å². The van der Waals surface area contributed by atoms with Crippen molar-refractivity contribution in [3.63, 3.8) is 0 Å². The van der Waals surface area contributed by atoms with Crippen LogP contribution in [0, 0.1) is 0 Å². The molecular formula is C8H14Zn. The van der Waals surface area contributed by atoms with E-state index in [9.17, 15) is 0 Å². The molecule has 0 radical (unpaired) electrons. The van der Waals surface area contributed by atoms with Gasteiger partial charge in [0.1, 0.15) is 0 Å². The van der Waals surface area contributed by atoms with Crippen LogP contribution in [0.25, 0.3) is 0 Å². The van der Waals surface area contributed by atoms with Crippen LogP contribution in [0.5, 0.6) is 0 Å². The summed E-state index contributed by atoms with van der Waals surface area (Å²) < 4.78 is 2.96. The molecule has 0 spiro atoms. The molecule has 0 nitrogen and oxygen atoms in total. The molecular weight excluding hydrogens is 161 g/mol. The summed E-state index contributed by atoms with van der Waals surface area (Å²) in [5.74, 6) is 0. The normalized spacial score (nSPS) is 8.22. The van der Waals surface area contributed by atoms with E-state index in [0.29, 0.717) is 0 Å². The number of hydrogen-bond acceptors (Lipinski definition) is 0. The van der Waals surface area contributed by atoms with Crippen LogP contribution in [-0.4, -0.2) is 0 Å². The fourth-order valence-corrected chi connectivity index (χ4v) is 3.14. The van der Waals surface area contributed by atoms with Crippen molar-refractivity contribution in [3.05, 3.63) is 21.5 Å². The molecule has 0 saturated heterocycles. The van der Waals surface area contributed by atoms with Gasteiger partial charge < -0.3 is 0 Å². The minimum atomic E-state index is -0.531. The van der Waals surface area contributed by atoms with Crippen LogP contribution >= 0.6 is 0 Å². The Hall–Kier alpha value is 0.103. The third-order valence-electron chi connectivity index (χ3n) is 1.50. The third-order valence-corrected chi connectivity index (χ3v) is 5.70. The topological polar surface area (TPSA) is 0 Å². The molecule has 0 aliphatic rings. The summed E-state index contributed by atoms with van der Waals surface area (Å²) in [6.45, 7) is 12.3. The third kappa shape index (κ3) is 4.60. The Morgan fingerprint density at radius 3 is 1.67 bits per heavy atom. The van der Waals surface area contributed by atoms with Crippen molar-refractivity contribution in [3.8, 4) is 0 Å². The molecule has 1 heteroatoms. The summed E-state index contributed by atoms with van der Waals surface area (Å²) in [6, 6.07) is 0. The molecule has 0 atom stereocenters. The van der Waals surface area contributed by atoms with E-state index in [-0.39, 0.29) is 0 Å². The number of allylic oxidation sites excluding steroid dienone is 2. The van der Waals surface area contributed by atoms with E-state index in [0.717, 1.165) is 0 Å². The van der Waals surface area contributed by atoms with Gasteiger partial charge in [0.05, 0.1) is 0 Å². The first-order valence-corrected chi connectivity index (χ1v) is 6.50. The molecule has 0 aliphatic carbocycles. The zero-order valence-corrected chi connectivity index (χ0v) is 9.50. The first-order valence-electron chi connectivity index (χ1n) is 3.54. The fourth-order valence-electron chi connectivity index (χ4n) is 0.604. The monoisotopic (exact) mass is 174 g/mol. The molecule has 0 N–H and O–H groups in total. The zero-order chi connectivity index (χ0) is 7.28. The molecule has 0 unspecified atom stereocenters. The maximum atomic E-state index is 3.98. The molecule has 0 aromatic carbocycles. The molecule has 0 fully saturated rings. The van der Waals surface area contributed by atoms with E-state index in [4.69, 9.17) is 0 Å². The van der Waals surface area contributed by atoms with Gasteiger partial charge in [-0.05, 0) is 0 Å². The summed E-state index contributed by atoms with van der Waals surface area (Å²) in [5.41, 5.74) is 0. The molecule has 0 aliphatic heterocycles. The van der Waals surface area contributed by atoms with Crippen molar-refractivity contribution in [2.45, 2.75) is 26.7 Å². The van der Waals surface area contributed by atoms with E-state index in [2.05, 4.69) is 27.0 Å². The standard InChI is InChI=1S/2C4H7.Zn/c2*1-3-4-2;/h2*1,4H2,2H3;. The van der Waals surface area contributed by atoms with Gasteiger partial charge in [0.25, 0.3) is 0 Å². The summed E-state index contributed by atoms with van der Waals surface area (Å²) in [7, 11) is 0. The number of rotatable bonds is 4. The predicted molar refractivity (Wildman–Crippen MR) is 38.9 cm³/mol. The Morgan fingerprint density at radius 1 is 1.11 bits per heavy atom. The summed E-state index contributed by atoms with van der Waals surface area (Å²) in [4.78, 5) is 0. The summed E-state index contributed by atoms with van der Waals surface area (Å²) in [6.07, 6.45) is 2.33. The Kier molecular flexibility index (Phi) is 4.99. The first kappa shape index (κ1) is 9.10. The van der Waals surface area contributed by atoms with Crippen LogP contribution in [-0.2, 0) is 17.1 Å². The summed E-state index contributed by atoms with van der Waals surface area (Å²) >= 11 is -0.531. The average Bonchev–Trinajstić information content (AvgIpc) is 1.87. The second-order valence-electron chi connectivity index (χ2n) is 2.38. The molecule has 0 amide bonds. The molecule has 0 saturated carbocycles. The van der Waals surface area contributed by atoms with Crippen LogP contribution in [0.4, 0.5) is 0 Å². The second kappa shape index (κ2) is 4.93. The van der Waals surface area contributed by atoms with Crippen LogP contribution < -0.4 is 0 Å². The Balaban J connectivity index is 3.47. The Morgan fingerprint density at radius 2 is 1.44 bits per heavy atom. The van der Waals surface area contributed by atoms with E-state index in [1.54, 1.807) is 0 Å². The van der Waals surface area contributed by atoms with Crippen LogP contribution in [0.1, 0.15) is 26.7 Å². The SMILES string of the molecule is C=[C](CC)[Zn][C](=C)CC. The van der Waals surface area contributed by atoms with E-state index < -0.39 is 17.1 Å². The van der Waals surface area contributed by atoms with E-state index in [1.165, 1.54) is 21.2 Å². The molecule has 9 heavy (non-hydrogen) atoms. The molecule has 0 aromatic rings.